The molecule has 24 heavy (non-hydrogen) atoms. The lowest BCUT2D eigenvalue weighted by atomic mass is 10.1. The van der Waals surface area contributed by atoms with Gasteiger partial charge in [-0.2, -0.15) is 0 Å². The van der Waals surface area contributed by atoms with E-state index < -0.39 is 11.2 Å². The van der Waals surface area contributed by atoms with Crippen LogP contribution >= 0.6 is 0 Å². The minimum absolute atomic E-state index is 0.164. The maximum absolute atomic E-state index is 11.8. The van der Waals surface area contributed by atoms with Crippen LogP contribution in [0.3, 0.4) is 0 Å². The molecule has 0 radical (unpaired) electrons. The van der Waals surface area contributed by atoms with Crippen LogP contribution in [0.4, 0.5) is 0 Å². The summed E-state index contributed by atoms with van der Waals surface area (Å²) in [5, 5.41) is 3.05. The van der Waals surface area contributed by atoms with Gasteiger partial charge in [0.25, 0.3) is 0 Å². The van der Waals surface area contributed by atoms with E-state index >= 15 is 0 Å². The van der Waals surface area contributed by atoms with Gasteiger partial charge in [-0.1, -0.05) is 24.3 Å². The van der Waals surface area contributed by atoms with Crippen molar-refractivity contribution < 1.29 is 19.1 Å². The molecule has 0 saturated heterocycles. The molecule has 0 aliphatic carbocycles. The van der Waals surface area contributed by atoms with Crippen molar-refractivity contribution in [1.82, 2.24) is 5.32 Å². The number of benzene rings is 1. The topological polar surface area (TPSA) is 64.6 Å². The summed E-state index contributed by atoms with van der Waals surface area (Å²) >= 11 is 0. The van der Waals surface area contributed by atoms with Crippen molar-refractivity contribution in [2.75, 3.05) is 6.54 Å². The second-order valence-corrected chi connectivity index (χ2v) is 7.77. The third kappa shape index (κ3) is 9.30. The summed E-state index contributed by atoms with van der Waals surface area (Å²) in [6, 6.07) is 7.66. The molecule has 1 rings (SSSR count). The van der Waals surface area contributed by atoms with Crippen molar-refractivity contribution in [1.29, 1.82) is 0 Å². The second kappa shape index (κ2) is 8.29. The Labute approximate surface area is 144 Å². The highest BCUT2D eigenvalue weighted by Gasteiger charge is 2.17. The number of ether oxygens (including phenoxy) is 2. The Morgan fingerprint density at radius 3 is 1.79 bits per heavy atom. The highest BCUT2D eigenvalue weighted by Crippen LogP contribution is 2.11. The van der Waals surface area contributed by atoms with Crippen molar-refractivity contribution >= 4 is 11.9 Å². The average molecular weight is 335 g/mol. The standard InChI is InChI=1S/C19H29NO4/c1-18(2,3)23-16(21)11-14-7-9-15(10-8-14)12-20-13-17(22)24-19(4,5)6/h7-10,20H,11-13H2,1-6H3. The van der Waals surface area contributed by atoms with Gasteiger partial charge in [-0.3, -0.25) is 9.59 Å². The summed E-state index contributed by atoms with van der Waals surface area (Å²) in [5.74, 6) is -0.512. The molecule has 0 heterocycles. The molecule has 0 amide bonds. The van der Waals surface area contributed by atoms with Crippen LogP contribution in [0.5, 0.6) is 0 Å². The SMILES string of the molecule is CC(C)(C)OC(=O)CNCc1ccc(CC(=O)OC(C)(C)C)cc1. The van der Waals surface area contributed by atoms with Gasteiger partial charge in [0.2, 0.25) is 0 Å². The van der Waals surface area contributed by atoms with Crippen molar-refractivity contribution in [3.05, 3.63) is 35.4 Å². The first kappa shape index (κ1) is 20.2. The third-order valence-corrected chi connectivity index (χ3v) is 2.81. The van der Waals surface area contributed by atoms with Crippen molar-refractivity contribution in [2.24, 2.45) is 0 Å². The summed E-state index contributed by atoms with van der Waals surface area (Å²) in [4.78, 5) is 23.4. The average Bonchev–Trinajstić information content (AvgIpc) is 2.36. The van der Waals surface area contributed by atoms with Crippen molar-refractivity contribution in [2.45, 2.75) is 65.7 Å². The first-order valence-corrected chi connectivity index (χ1v) is 8.17. The third-order valence-electron chi connectivity index (χ3n) is 2.81. The molecule has 0 aliphatic rings. The smallest absolute Gasteiger partial charge is 0.320 e. The van der Waals surface area contributed by atoms with Crippen LogP contribution in [0.1, 0.15) is 52.7 Å². The molecule has 0 saturated carbocycles. The second-order valence-electron chi connectivity index (χ2n) is 7.77. The van der Waals surface area contributed by atoms with Gasteiger partial charge in [0.05, 0.1) is 13.0 Å². The molecular formula is C19H29NO4. The number of hydrogen-bond acceptors (Lipinski definition) is 5. The van der Waals surface area contributed by atoms with E-state index in [0.29, 0.717) is 6.54 Å². The van der Waals surface area contributed by atoms with Gasteiger partial charge in [-0.05, 0) is 52.7 Å². The lowest BCUT2D eigenvalue weighted by molar-refractivity contribution is -0.154. The summed E-state index contributed by atoms with van der Waals surface area (Å²) in [6.45, 7) is 11.8. The van der Waals surface area contributed by atoms with Gasteiger partial charge >= 0.3 is 11.9 Å². The predicted molar refractivity (Wildman–Crippen MR) is 93.5 cm³/mol. The minimum Gasteiger partial charge on any atom is -0.460 e. The van der Waals surface area contributed by atoms with Crippen LogP contribution in [-0.2, 0) is 32.0 Å². The zero-order valence-corrected chi connectivity index (χ0v) is 15.6. The van der Waals surface area contributed by atoms with Crippen LogP contribution in [0.2, 0.25) is 0 Å². The molecule has 0 bridgehead atoms. The van der Waals surface area contributed by atoms with E-state index in [9.17, 15) is 9.59 Å². The van der Waals surface area contributed by atoms with E-state index in [2.05, 4.69) is 5.32 Å². The Bertz CT molecular complexity index is 550. The molecule has 5 nitrogen and oxygen atoms in total. The molecule has 134 valence electrons. The number of esters is 2. The molecular weight excluding hydrogens is 306 g/mol. The van der Waals surface area contributed by atoms with E-state index in [1.807, 2.05) is 65.8 Å². The fraction of sp³-hybridized carbons (Fsp3) is 0.579. The normalized spacial score (nSPS) is 11.9. The van der Waals surface area contributed by atoms with Crippen LogP contribution in [0.25, 0.3) is 0 Å². The quantitative estimate of drug-likeness (QED) is 0.810. The first-order chi connectivity index (χ1) is 10.9. The van der Waals surface area contributed by atoms with Gasteiger partial charge < -0.3 is 14.8 Å². The summed E-state index contributed by atoms with van der Waals surface area (Å²) < 4.78 is 10.5. The predicted octanol–water partition coefficient (Wildman–Crippen LogP) is 3.00. The Morgan fingerprint density at radius 1 is 0.833 bits per heavy atom. The van der Waals surface area contributed by atoms with Crippen LogP contribution in [0, 0.1) is 0 Å². The van der Waals surface area contributed by atoms with Crippen molar-refractivity contribution in [3.63, 3.8) is 0 Å². The zero-order valence-electron chi connectivity index (χ0n) is 15.6. The van der Waals surface area contributed by atoms with Gasteiger partial charge in [-0.15, -0.1) is 0 Å². The van der Waals surface area contributed by atoms with Crippen LogP contribution in [-0.4, -0.2) is 29.7 Å². The van der Waals surface area contributed by atoms with E-state index in [0.717, 1.165) is 11.1 Å². The molecule has 0 unspecified atom stereocenters. The Morgan fingerprint density at radius 2 is 1.29 bits per heavy atom. The number of hydrogen-bond donors (Lipinski definition) is 1. The number of carbonyl (C=O) groups excluding carboxylic acids is 2. The molecule has 1 aromatic carbocycles. The fourth-order valence-corrected chi connectivity index (χ4v) is 2.01. The Kier molecular flexibility index (Phi) is 6.96. The Hall–Kier alpha value is -1.88. The molecule has 1 aromatic rings. The summed E-state index contributed by atoms with van der Waals surface area (Å²) in [5.41, 5.74) is 0.997. The Balaban J connectivity index is 2.40. The van der Waals surface area contributed by atoms with Gasteiger partial charge in [0.1, 0.15) is 11.2 Å². The number of rotatable bonds is 6. The van der Waals surface area contributed by atoms with Gasteiger partial charge in [-0.25, -0.2) is 0 Å². The zero-order chi connectivity index (χ0) is 18.4. The van der Waals surface area contributed by atoms with Crippen LogP contribution in [0.15, 0.2) is 24.3 Å². The largest absolute Gasteiger partial charge is 0.460 e. The number of nitrogens with one attached hydrogen (secondary N) is 1. The minimum atomic E-state index is -0.470. The fourth-order valence-electron chi connectivity index (χ4n) is 2.01. The van der Waals surface area contributed by atoms with E-state index in [-0.39, 0.29) is 24.9 Å². The molecule has 5 heteroatoms. The van der Waals surface area contributed by atoms with Gasteiger partial charge in [0.15, 0.2) is 0 Å². The molecule has 0 spiro atoms. The monoisotopic (exact) mass is 335 g/mol. The first-order valence-electron chi connectivity index (χ1n) is 8.17. The molecule has 0 fully saturated rings. The van der Waals surface area contributed by atoms with E-state index in [1.165, 1.54) is 0 Å². The highest BCUT2D eigenvalue weighted by molar-refractivity contribution is 5.73. The van der Waals surface area contributed by atoms with E-state index in [4.69, 9.17) is 9.47 Å². The molecule has 0 aliphatic heterocycles. The highest BCUT2D eigenvalue weighted by atomic mass is 16.6. The van der Waals surface area contributed by atoms with E-state index in [1.54, 1.807) is 0 Å². The van der Waals surface area contributed by atoms with Crippen molar-refractivity contribution in [3.8, 4) is 0 Å². The molecule has 0 aromatic heterocycles. The summed E-state index contributed by atoms with van der Waals surface area (Å²) in [7, 11) is 0. The summed E-state index contributed by atoms with van der Waals surface area (Å²) in [6.07, 6.45) is 0.253. The lowest BCUT2D eigenvalue weighted by Gasteiger charge is -2.19. The molecule has 0 atom stereocenters. The molecule has 1 N–H and O–H groups in total. The van der Waals surface area contributed by atoms with Gasteiger partial charge in [0, 0.05) is 6.54 Å². The number of carbonyl (C=O) groups is 2. The lowest BCUT2D eigenvalue weighted by Crippen LogP contribution is -2.31. The maximum atomic E-state index is 11.8. The maximum Gasteiger partial charge on any atom is 0.320 e. The van der Waals surface area contributed by atoms with Crippen LogP contribution < -0.4 is 5.32 Å².